The average molecular weight is 297 g/mol. The van der Waals surface area contributed by atoms with Crippen molar-refractivity contribution in [3.63, 3.8) is 0 Å². The Morgan fingerprint density at radius 2 is 2.10 bits per heavy atom. The van der Waals surface area contributed by atoms with Crippen LogP contribution in [0.5, 0.6) is 0 Å². The first-order chi connectivity index (χ1) is 10.2. The second-order valence-electron chi connectivity index (χ2n) is 6.04. The zero-order valence-electron chi connectivity index (χ0n) is 12.9. The summed E-state index contributed by atoms with van der Waals surface area (Å²) in [5, 5.41) is 6.08. The first-order valence-electron chi connectivity index (χ1n) is 7.96. The third-order valence-electron chi connectivity index (χ3n) is 4.17. The minimum Gasteiger partial charge on any atom is -0.383 e. The molecule has 0 bridgehead atoms. The van der Waals surface area contributed by atoms with Crippen molar-refractivity contribution in [1.82, 2.24) is 15.5 Å². The maximum Gasteiger partial charge on any atom is 0.236 e. The number of piperidine rings is 1. The fourth-order valence-corrected chi connectivity index (χ4v) is 2.61. The lowest BCUT2D eigenvalue weighted by Crippen LogP contribution is -2.48. The van der Waals surface area contributed by atoms with Gasteiger partial charge < -0.3 is 20.3 Å². The van der Waals surface area contributed by atoms with Gasteiger partial charge >= 0.3 is 0 Å². The number of nitrogens with one attached hydrogen (secondary N) is 2. The van der Waals surface area contributed by atoms with Crippen molar-refractivity contribution < 1.29 is 14.3 Å². The number of methoxy groups -OCH3 is 1. The van der Waals surface area contributed by atoms with Crippen LogP contribution in [0.4, 0.5) is 0 Å². The van der Waals surface area contributed by atoms with Crippen LogP contribution in [0.25, 0.3) is 0 Å². The number of rotatable bonds is 8. The van der Waals surface area contributed by atoms with E-state index < -0.39 is 0 Å². The summed E-state index contributed by atoms with van der Waals surface area (Å²) in [6.07, 6.45) is 4.27. The molecule has 120 valence electrons. The maximum atomic E-state index is 12.1. The van der Waals surface area contributed by atoms with Gasteiger partial charge in [-0.05, 0) is 31.6 Å². The average Bonchev–Trinajstić information content (AvgIpc) is 3.33. The molecule has 0 spiro atoms. The van der Waals surface area contributed by atoms with Gasteiger partial charge in [0, 0.05) is 33.3 Å². The zero-order chi connectivity index (χ0) is 15.1. The molecule has 6 heteroatoms. The number of carbonyl (C=O) groups is 2. The molecule has 2 aliphatic rings. The summed E-state index contributed by atoms with van der Waals surface area (Å²) in [5.41, 5.74) is 0. The van der Waals surface area contributed by atoms with Crippen molar-refractivity contribution >= 4 is 11.8 Å². The van der Waals surface area contributed by atoms with Crippen LogP contribution in [0.15, 0.2) is 0 Å². The number of ether oxygens (including phenoxy) is 1. The molecule has 2 rings (SSSR count). The van der Waals surface area contributed by atoms with Gasteiger partial charge in [0.25, 0.3) is 0 Å². The van der Waals surface area contributed by atoms with Crippen molar-refractivity contribution in [3.05, 3.63) is 0 Å². The van der Waals surface area contributed by atoms with Crippen molar-refractivity contribution in [3.8, 4) is 0 Å². The zero-order valence-corrected chi connectivity index (χ0v) is 12.9. The molecule has 6 nitrogen and oxygen atoms in total. The molecule has 1 saturated heterocycles. The van der Waals surface area contributed by atoms with Crippen LogP contribution in [0, 0.1) is 11.8 Å². The van der Waals surface area contributed by atoms with Gasteiger partial charge in [-0.2, -0.15) is 0 Å². The molecular formula is C15H27N3O3. The van der Waals surface area contributed by atoms with Crippen LogP contribution < -0.4 is 10.6 Å². The normalized spacial score (nSPS) is 22.1. The van der Waals surface area contributed by atoms with E-state index in [0.717, 1.165) is 25.9 Å². The van der Waals surface area contributed by atoms with E-state index in [1.54, 1.807) is 7.11 Å². The highest BCUT2D eigenvalue weighted by molar-refractivity contribution is 5.82. The van der Waals surface area contributed by atoms with E-state index in [1.807, 2.05) is 4.90 Å². The number of likely N-dealkylation sites (tertiary alicyclic amines) is 1. The van der Waals surface area contributed by atoms with Crippen molar-refractivity contribution in [2.24, 2.45) is 11.8 Å². The Kier molecular flexibility index (Phi) is 6.45. The quantitative estimate of drug-likeness (QED) is 0.618. The lowest BCUT2D eigenvalue weighted by Gasteiger charge is -2.32. The van der Waals surface area contributed by atoms with Crippen LogP contribution in [0.2, 0.25) is 0 Å². The second kappa shape index (κ2) is 8.34. The number of carbonyl (C=O) groups excluding carboxylic acids is 2. The monoisotopic (exact) mass is 297 g/mol. The van der Waals surface area contributed by atoms with Gasteiger partial charge in [-0.15, -0.1) is 0 Å². The van der Waals surface area contributed by atoms with Crippen LogP contribution >= 0.6 is 0 Å². The van der Waals surface area contributed by atoms with Crippen LogP contribution in [-0.4, -0.2) is 63.2 Å². The molecular weight excluding hydrogens is 270 g/mol. The number of hydrogen-bond acceptors (Lipinski definition) is 4. The standard InChI is InChI=1S/C15H27N3O3/c1-21-8-6-16-10-14(19)18-7-2-3-13(11-18)15(20)17-9-12-4-5-12/h12-13,16H,2-11H2,1H3,(H,17,20). The maximum absolute atomic E-state index is 12.1. The third kappa shape index (κ3) is 5.63. The summed E-state index contributed by atoms with van der Waals surface area (Å²) < 4.78 is 4.93. The van der Waals surface area contributed by atoms with Crippen LogP contribution in [-0.2, 0) is 14.3 Å². The van der Waals surface area contributed by atoms with E-state index in [4.69, 9.17) is 4.74 Å². The van der Waals surface area contributed by atoms with E-state index in [1.165, 1.54) is 12.8 Å². The van der Waals surface area contributed by atoms with Gasteiger partial charge in [-0.25, -0.2) is 0 Å². The van der Waals surface area contributed by atoms with Crippen molar-refractivity contribution in [1.29, 1.82) is 0 Å². The summed E-state index contributed by atoms with van der Waals surface area (Å²) in [7, 11) is 1.64. The summed E-state index contributed by atoms with van der Waals surface area (Å²) in [6.45, 7) is 3.71. The number of nitrogens with zero attached hydrogens (tertiary/aromatic N) is 1. The Hall–Kier alpha value is -1.14. The molecule has 1 heterocycles. The van der Waals surface area contributed by atoms with Crippen LogP contribution in [0.3, 0.4) is 0 Å². The smallest absolute Gasteiger partial charge is 0.236 e. The van der Waals surface area contributed by atoms with Gasteiger partial charge in [0.1, 0.15) is 0 Å². The first kappa shape index (κ1) is 16.2. The van der Waals surface area contributed by atoms with Gasteiger partial charge in [0.15, 0.2) is 0 Å². The molecule has 1 aliphatic heterocycles. The lowest BCUT2D eigenvalue weighted by atomic mass is 9.97. The fraction of sp³-hybridized carbons (Fsp3) is 0.867. The molecule has 0 aromatic carbocycles. The number of amides is 2. The predicted molar refractivity (Wildman–Crippen MR) is 79.8 cm³/mol. The van der Waals surface area contributed by atoms with E-state index >= 15 is 0 Å². The molecule has 0 aromatic heterocycles. The molecule has 21 heavy (non-hydrogen) atoms. The summed E-state index contributed by atoms with van der Waals surface area (Å²) >= 11 is 0. The molecule has 1 unspecified atom stereocenters. The largest absolute Gasteiger partial charge is 0.383 e. The van der Waals surface area contributed by atoms with E-state index in [2.05, 4.69) is 10.6 Å². The van der Waals surface area contributed by atoms with E-state index in [0.29, 0.717) is 32.2 Å². The van der Waals surface area contributed by atoms with Gasteiger partial charge in [-0.3, -0.25) is 9.59 Å². The Bertz CT molecular complexity index is 358. The van der Waals surface area contributed by atoms with E-state index in [-0.39, 0.29) is 17.7 Å². The summed E-state index contributed by atoms with van der Waals surface area (Å²) in [5.74, 6) is 0.846. The Morgan fingerprint density at radius 3 is 2.81 bits per heavy atom. The molecule has 2 fully saturated rings. The molecule has 0 radical (unpaired) electrons. The minimum absolute atomic E-state index is 0.0413. The Labute approximate surface area is 126 Å². The fourth-order valence-electron chi connectivity index (χ4n) is 2.61. The molecule has 1 atom stereocenters. The lowest BCUT2D eigenvalue weighted by molar-refractivity contribution is -0.135. The molecule has 2 N–H and O–H groups in total. The molecule has 2 amide bonds. The Balaban J connectivity index is 1.68. The topological polar surface area (TPSA) is 70.7 Å². The Morgan fingerprint density at radius 1 is 1.29 bits per heavy atom. The van der Waals surface area contributed by atoms with Crippen molar-refractivity contribution in [2.45, 2.75) is 25.7 Å². The van der Waals surface area contributed by atoms with Crippen LogP contribution in [0.1, 0.15) is 25.7 Å². The third-order valence-corrected chi connectivity index (χ3v) is 4.17. The highest BCUT2D eigenvalue weighted by Gasteiger charge is 2.29. The first-order valence-corrected chi connectivity index (χ1v) is 7.96. The summed E-state index contributed by atoms with van der Waals surface area (Å²) in [6, 6.07) is 0. The van der Waals surface area contributed by atoms with Crippen molar-refractivity contribution in [2.75, 3.05) is 46.4 Å². The molecule has 1 saturated carbocycles. The van der Waals surface area contributed by atoms with Gasteiger partial charge in [0.2, 0.25) is 11.8 Å². The molecule has 0 aromatic rings. The summed E-state index contributed by atoms with van der Waals surface area (Å²) in [4.78, 5) is 26.0. The SMILES string of the molecule is COCCNCC(=O)N1CCCC(C(=O)NCC2CC2)C1. The highest BCUT2D eigenvalue weighted by Crippen LogP contribution is 2.27. The number of hydrogen-bond donors (Lipinski definition) is 2. The molecule has 1 aliphatic carbocycles. The highest BCUT2D eigenvalue weighted by atomic mass is 16.5. The van der Waals surface area contributed by atoms with Gasteiger partial charge in [0.05, 0.1) is 19.1 Å². The predicted octanol–water partition coefficient (Wildman–Crippen LogP) is -0.0128. The minimum atomic E-state index is -0.0413. The van der Waals surface area contributed by atoms with Gasteiger partial charge in [-0.1, -0.05) is 0 Å². The van der Waals surface area contributed by atoms with E-state index in [9.17, 15) is 9.59 Å². The second-order valence-corrected chi connectivity index (χ2v) is 6.04.